The molecular formula is C6H11N2O4S-. The van der Waals surface area contributed by atoms with Crippen molar-refractivity contribution in [1.82, 2.24) is 10.8 Å². The second kappa shape index (κ2) is 4.14. The molecule has 0 aromatic rings. The summed E-state index contributed by atoms with van der Waals surface area (Å²) in [6, 6.07) is 0. The molecular weight excluding hydrogens is 196 g/mol. The summed E-state index contributed by atoms with van der Waals surface area (Å²) in [5.41, 5.74) is 1.40. The van der Waals surface area contributed by atoms with E-state index in [1.54, 1.807) is 0 Å². The van der Waals surface area contributed by atoms with E-state index in [9.17, 15) is 13.6 Å². The molecule has 1 rings (SSSR count). The average molecular weight is 207 g/mol. The lowest BCUT2D eigenvalue weighted by Gasteiger charge is -2.36. The van der Waals surface area contributed by atoms with Crippen LogP contribution in [0.5, 0.6) is 0 Å². The van der Waals surface area contributed by atoms with Gasteiger partial charge >= 0.3 is 0 Å². The van der Waals surface area contributed by atoms with E-state index in [1.807, 2.05) is 0 Å². The maximum absolute atomic E-state index is 11.1. The average Bonchev–Trinajstić information content (AvgIpc) is 2.17. The largest absolute Gasteiger partial charge is 0.772 e. The van der Waals surface area contributed by atoms with Gasteiger partial charge in [-0.25, -0.2) is 5.48 Å². The highest BCUT2D eigenvalue weighted by molar-refractivity contribution is 7.81. The number of amides is 1. The highest BCUT2D eigenvalue weighted by Gasteiger charge is 2.40. The van der Waals surface area contributed by atoms with Crippen LogP contribution in [-0.4, -0.2) is 37.7 Å². The first-order chi connectivity index (χ1) is 6.13. The summed E-state index contributed by atoms with van der Waals surface area (Å²) in [4.78, 5) is 11.1. The van der Waals surface area contributed by atoms with Crippen LogP contribution in [0, 0.1) is 0 Å². The van der Waals surface area contributed by atoms with Gasteiger partial charge in [-0.1, -0.05) is 0 Å². The van der Waals surface area contributed by atoms with E-state index in [-0.39, 0.29) is 12.8 Å². The van der Waals surface area contributed by atoms with Gasteiger partial charge in [-0.05, 0) is 37.0 Å². The molecule has 6 nitrogen and oxygen atoms in total. The van der Waals surface area contributed by atoms with Gasteiger partial charge in [-0.2, -0.15) is 0 Å². The topological polar surface area (TPSA) is 101 Å². The smallest absolute Gasteiger partial charge is 0.261 e. The van der Waals surface area contributed by atoms with Crippen molar-refractivity contribution in [3.05, 3.63) is 0 Å². The van der Waals surface area contributed by atoms with Crippen LogP contribution in [0.2, 0.25) is 0 Å². The summed E-state index contributed by atoms with van der Waals surface area (Å²) in [6.07, 6.45) is 0.380. The molecule has 1 fully saturated rings. The second-order valence-electron chi connectivity index (χ2n) is 2.92. The molecule has 0 radical (unpaired) electrons. The van der Waals surface area contributed by atoms with Gasteiger partial charge in [0.2, 0.25) is 0 Å². The highest BCUT2D eigenvalue weighted by atomic mass is 32.2. The van der Waals surface area contributed by atoms with E-state index in [0.29, 0.717) is 13.1 Å². The molecule has 76 valence electrons. The summed E-state index contributed by atoms with van der Waals surface area (Å²) in [7, 11) is 0. The minimum absolute atomic E-state index is 0.190. The third-order valence-electron chi connectivity index (χ3n) is 2.25. The van der Waals surface area contributed by atoms with Crippen molar-refractivity contribution >= 4 is 17.0 Å². The van der Waals surface area contributed by atoms with Gasteiger partial charge in [0, 0.05) is 0 Å². The molecule has 1 aliphatic rings. The third kappa shape index (κ3) is 1.88. The molecule has 1 heterocycles. The van der Waals surface area contributed by atoms with Crippen LogP contribution in [0.1, 0.15) is 12.8 Å². The molecule has 0 aromatic carbocycles. The highest BCUT2D eigenvalue weighted by Crippen LogP contribution is 2.24. The van der Waals surface area contributed by atoms with E-state index in [0.717, 1.165) is 0 Å². The maximum Gasteiger partial charge on any atom is 0.261 e. The number of piperidine rings is 1. The molecule has 0 aromatic heterocycles. The van der Waals surface area contributed by atoms with Crippen LogP contribution < -0.4 is 10.8 Å². The SMILES string of the molecule is O=C(NO)C1(S(=O)[O-])CCNCC1. The predicted octanol–water partition coefficient (Wildman–Crippen LogP) is -1.51. The summed E-state index contributed by atoms with van der Waals surface area (Å²) in [6.45, 7) is 0.919. The lowest BCUT2D eigenvalue weighted by Crippen LogP contribution is -2.54. The van der Waals surface area contributed by atoms with E-state index in [1.165, 1.54) is 5.48 Å². The Labute approximate surface area is 77.9 Å². The first kappa shape index (κ1) is 10.6. The number of rotatable bonds is 2. The quantitative estimate of drug-likeness (QED) is 0.290. The normalized spacial score (nSPS) is 23.5. The molecule has 0 spiro atoms. The molecule has 3 N–H and O–H groups in total. The maximum atomic E-state index is 11.1. The lowest BCUT2D eigenvalue weighted by molar-refractivity contribution is -0.132. The van der Waals surface area contributed by atoms with Crippen LogP contribution in [0.4, 0.5) is 0 Å². The summed E-state index contributed by atoms with van der Waals surface area (Å²) < 4.78 is 20.3. The van der Waals surface area contributed by atoms with Gasteiger partial charge in [-0.3, -0.25) is 14.2 Å². The van der Waals surface area contributed by atoms with Crippen molar-refractivity contribution < 1.29 is 18.8 Å². The molecule has 1 amide bonds. The summed E-state index contributed by atoms with van der Waals surface area (Å²) >= 11 is -2.50. The van der Waals surface area contributed by atoms with E-state index < -0.39 is 21.7 Å². The molecule has 0 aliphatic carbocycles. The van der Waals surface area contributed by atoms with E-state index >= 15 is 0 Å². The molecule has 13 heavy (non-hydrogen) atoms. The van der Waals surface area contributed by atoms with Crippen molar-refractivity contribution in [2.24, 2.45) is 0 Å². The molecule has 1 saturated heterocycles. The molecule has 0 saturated carbocycles. The zero-order chi connectivity index (χ0) is 9.90. The Morgan fingerprint density at radius 3 is 2.46 bits per heavy atom. The Hall–Kier alpha value is -0.500. The summed E-state index contributed by atoms with van der Waals surface area (Å²) in [5, 5.41) is 11.3. The minimum Gasteiger partial charge on any atom is -0.772 e. The Morgan fingerprint density at radius 2 is 2.08 bits per heavy atom. The van der Waals surface area contributed by atoms with Crippen molar-refractivity contribution in [2.45, 2.75) is 17.6 Å². The zero-order valence-corrected chi connectivity index (χ0v) is 7.73. The number of carbonyl (C=O) groups excluding carboxylic acids is 1. The lowest BCUT2D eigenvalue weighted by atomic mass is 9.96. The minimum atomic E-state index is -2.50. The van der Waals surface area contributed by atoms with Crippen LogP contribution in [0.3, 0.4) is 0 Å². The molecule has 1 atom stereocenters. The fourth-order valence-corrected chi connectivity index (χ4v) is 2.14. The van der Waals surface area contributed by atoms with Gasteiger partial charge in [-0.15, -0.1) is 0 Å². The Bertz CT molecular complexity index is 227. The van der Waals surface area contributed by atoms with Gasteiger partial charge in [0.15, 0.2) is 0 Å². The van der Waals surface area contributed by atoms with Gasteiger partial charge < -0.3 is 9.87 Å². The van der Waals surface area contributed by atoms with Gasteiger partial charge in [0.1, 0.15) is 4.75 Å². The standard InChI is InChI=1S/C6H12N2O4S/c9-5(8-10)6(13(11)12)1-3-7-4-2-6/h7,10H,1-4H2,(H,8,9)(H,11,12)/p-1. The molecule has 7 heteroatoms. The van der Waals surface area contributed by atoms with Crippen molar-refractivity contribution in [2.75, 3.05) is 13.1 Å². The van der Waals surface area contributed by atoms with E-state index in [4.69, 9.17) is 5.21 Å². The number of hydrogen-bond donors (Lipinski definition) is 3. The van der Waals surface area contributed by atoms with E-state index in [2.05, 4.69) is 5.32 Å². The van der Waals surface area contributed by atoms with Crippen molar-refractivity contribution in [3.63, 3.8) is 0 Å². The second-order valence-corrected chi connectivity index (χ2v) is 4.17. The first-order valence-corrected chi connectivity index (χ1v) is 4.95. The van der Waals surface area contributed by atoms with Gasteiger partial charge in [0.05, 0.1) is 0 Å². The Kier molecular flexibility index (Phi) is 3.37. The first-order valence-electron chi connectivity index (χ1n) is 3.88. The van der Waals surface area contributed by atoms with Crippen LogP contribution >= 0.6 is 0 Å². The molecule has 1 unspecified atom stereocenters. The Morgan fingerprint density at radius 1 is 1.54 bits per heavy atom. The Balaban J connectivity index is 2.85. The number of carbonyl (C=O) groups is 1. The molecule has 0 bridgehead atoms. The molecule has 1 aliphatic heterocycles. The zero-order valence-electron chi connectivity index (χ0n) is 6.91. The van der Waals surface area contributed by atoms with Crippen LogP contribution in [0.25, 0.3) is 0 Å². The van der Waals surface area contributed by atoms with Crippen LogP contribution in [0.15, 0.2) is 0 Å². The number of hydroxylamine groups is 1. The monoisotopic (exact) mass is 207 g/mol. The summed E-state index contributed by atoms with van der Waals surface area (Å²) in [5.74, 6) is -0.845. The fraction of sp³-hybridized carbons (Fsp3) is 0.833. The number of nitrogens with one attached hydrogen (secondary N) is 2. The fourth-order valence-electron chi connectivity index (χ4n) is 1.40. The predicted molar refractivity (Wildman–Crippen MR) is 43.7 cm³/mol. The third-order valence-corrected chi connectivity index (χ3v) is 3.48. The van der Waals surface area contributed by atoms with Crippen molar-refractivity contribution in [1.29, 1.82) is 0 Å². The van der Waals surface area contributed by atoms with Crippen LogP contribution in [-0.2, 0) is 15.9 Å². The van der Waals surface area contributed by atoms with Crippen molar-refractivity contribution in [3.8, 4) is 0 Å². The van der Waals surface area contributed by atoms with Gasteiger partial charge in [0.25, 0.3) is 5.91 Å². The number of hydrogen-bond acceptors (Lipinski definition) is 5.